The summed E-state index contributed by atoms with van der Waals surface area (Å²) in [4.78, 5) is 37.9. The first-order valence-corrected chi connectivity index (χ1v) is 8.24. The van der Waals surface area contributed by atoms with Crippen LogP contribution in [0.4, 0.5) is 4.79 Å². The first kappa shape index (κ1) is 17.4. The fraction of sp³-hybridized carbons (Fsp3) is 0.150. The minimum Gasteiger partial charge on any atom is -0.494 e. The summed E-state index contributed by atoms with van der Waals surface area (Å²) in [7, 11) is 0. The first-order chi connectivity index (χ1) is 12.6. The van der Waals surface area contributed by atoms with E-state index in [4.69, 9.17) is 4.74 Å². The fourth-order valence-corrected chi connectivity index (χ4v) is 2.60. The predicted molar refractivity (Wildman–Crippen MR) is 96.1 cm³/mol. The van der Waals surface area contributed by atoms with E-state index in [2.05, 4.69) is 5.32 Å². The van der Waals surface area contributed by atoms with Crippen molar-refractivity contribution in [3.05, 3.63) is 71.3 Å². The molecule has 0 aromatic heterocycles. The third kappa shape index (κ3) is 3.80. The van der Waals surface area contributed by atoms with Crippen molar-refractivity contribution in [1.29, 1.82) is 0 Å². The van der Waals surface area contributed by atoms with Gasteiger partial charge >= 0.3 is 6.03 Å². The lowest BCUT2D eigenvalue weighted by atomic mass is 10.1. The summed E-state index contributed by atoms with van der Waals surface area (Å²) in [5.41, 5.74) is 1.39. The summed E-state index contributed by atoms with van der Waals surface area (Å²) in [6.07, 6.45) is 1.47. The summed E-state index contributed by atoms with van der Waals surface area (Å²) < 4.78 is 5.37. The molecular formula is C20H18N2O4. The largest absolute Gasteiger partial charge is 0.494 e. The highest BCUT2D eigenvalue weighted by molar-refractivity contribution is 6.30. The highest BCUT2D eigenvalue weighted by Crippen LogP contribution is 2.19. The number of amides is 4. The van der Waals surface area contributed by atoms with Crippen LogP contribution in [0.5, 0.6) is 5.75 Å². The second-order valence-electron chi connectivity index (χ2n) is 5.70. The van der Waals surface area contributed by atoms with Gasteiger partial charge in [0.15, 0.2) is 0 Å². The molecule has 6 nitrogen and oxygen atoms in total. The Hall–Kier alpha value is -3.41. The molecule has 1 heterocycles. The van der Waals surface area contributed by atoms with Crippen molar-refractivity contribution in [1.82, 2.24) is 10.2 Å². The van der Waals surface area contributed by atoms with Crippen LogP contribution in [0.3, 0.4) is 0 Å². The van der Waals surface area contributed by atoms with Crippen LogP contribution in [-0.4, -0.2) is 29.4 Å². The average Bonchev–Trinajstić information content (AvgIpc) is 2.65. The molecule has 1 aliphatic heterocycles. The van der Waals surface area contributed by atoms with E-state index in [0.29, 0.717) is 17.9 Å². The van der Waals surface area contributed by atoms with Gasteiger partial charge in [0.25, 0.3) is 11.8 Å². The zero-order valence-electron chi connectivity index (χ0n) is 14.3. The lowest BCUT2D eigenvalue weighted by molar-refractivity contribution is -0.130. The minimum absolute atomic E-state index is 0.0790. The van der Waals surface area contributed by atoms with E-state index in [9.17, 15) is 14.4 Å². The number of carbonyl (C=O) groups excluding carboxylic acids is 3. The molecule has 2 aromatic carbocycles. The lowest BCUT2D eigenvalue weighted by Gasteiger charge is -2.26. The van der Waals surface area contributed by atoms with Gasteiger partial charge in [-0.2, -0.15) is 0 Å². The number of benzene rings is 2. The number of nitrogens with zero attached hydrogens (tertiary/aromatic N) is 1. The number of urea groups is 1. The Morgan fingerprint density at radius 2 is 1.69 bits per heavy atom. The molecule has 0 bridgehead atoms. The molecule has 6 heteroatoms. The van der Waals surface area contributed by atoms with Crippen molar-refractivity contribution in [3.63, 3.8) is 0 Å². The smallest absolute Gasteiger partial charge is 0.331 e. The van der Waals surface area contributed by atoms with E-state index >= 15 is 0 Å². The Morgan fingerprint density at radius 1 is 1.00 bits per heavy atom. The summed E-state index contributed by atoms with van der Waals surface area (Å²) in [6.45, 7) is 2.54. The summed E-state index contributed by atoms with van der Waals surface area (Å²) in [6, 6.07) is 15.4. The third-order valence-electron chi connectivity index (χ3n) is 3.87. The second kappa shape index (κ2) is 7.65. The van der Waals surface area contributed by atoms with Crippen LogP contribution in [0, 0.1) is 0 Å². The van der Waals surface area contributed by atoms with Crippen molar-refractivity contribution < 1.29 is 19.1 Å². The molecule has 3 rings (SSSR count). The predicted octanol–water partition coefficient (Wildman–Crippen LogP) is 2.75. The molecule has 132 valence electrons. The first-order valence-electron chi connectivity index (χ1n) is 8.24. The molecule has 2 aromatic rings. The zero-order valence-corrected chi connectivity index (χ0v) is 14.3. The normalized spacial score (nSPS) is 16.0. The van der Waals surface area contributed by atoms with E-state index in [0.717, 1.165) is 10.5 Å². The van der Waals surface area contributed by atoms with E-state index in [1.165, 1.54) is 6.08 Å². The summed E-state index contributed by atoms with van der Waals surface area (Å²) >= 11 is 0. The van der Waals surface area contributed by atoms with Crippen LogP contribution in [0.15, 0.2) is 60.2 Å². The standard InChI is InChI=1S/C20H18N2O4/c1-2-26-16-10-8-14(9-11-16)12-17-18(23)21-20(25)22(19(17)24)13-15-6-4-3-5-7-15/h3-12H,2,13H2,1H3,(H,21,23,25). The molecule has 1 saturated heterocycles. The van der Waals surface area contributed by atoms with E-state index in [1.807, 2.05) is 37.3 Å². The van der Waals surface area contributed by atoms with Gasteiger partial charge in [0.05, 0.1) is 13.2 Å². The molecule has 0 radical (unpaired) electrons. The number of rotatable bonds is 5. The van der Waals surface area contributed by atoms with Crippen molar-refractivity contribution in [2.24, 2.45) is 0 Å². The summed E-state index contributed by atoms with van der Waals surface area (Å²) in [5.74, 6) is -0.607. The van der Waals surface area contributed by atoms with Gasteiger partial charge in [0, 0.05) is 0 Å². The highest BCUT2D eigenvalue weighted by atomic mass is 16.5. The van der Waals surface area contributed by atoms with Crippen molar-refractivity contribution in [2.45, 2.75) is 13.5 Å². The van der Waals surface area contributed by atoms with Crippen LogP contribution in [0.1, 0.15) is 18.1 Å². The van der Waals surface area contributed by atoms with Crippen LogP contribution in [0.25, 0.3) is 6.08 Å². The fourth-order valence-electron chi connectivity index (χ4n) is 2.60. The monoisotopic (exact) mass is 350 g/mol. The average molecular weight is 350 g/mol. The maximum Gasteiger partial charge on any atom is 0.331 e. The molecule has 0 atom stereocenters. The van der Waals surface area contributed by atoms with Crippen molar-refractivity contribution in [2.75, 3.05) is 6.61 Å². The molecular weight excluding hydrogens is 332 g/mol. The van der Waals surface area contributed by atoms with Gasteiger partial charge in [0.2, 0.25) is 0 Å². The Bertz CT molecular complexity index is 857. The van der Waals surface area contributed by atoms with Gasteiger partial charge < -0.3 is 4.74 Å². The number of barbiturate groups is 1. The van der Waals surface area contributed by atoms with Crippen LogP contribution < -0.4 is 10.1 Å². The van der Waals surface area contributed by atoms with E-state index < -0.39 is 17.8 Å². The minimum atomic E-state index is -0.715. The Balaban J connectivity index is 1.84. The molecule has 1 fully saturated rings. The quantitative estimate of drug-likeness (QED) is 0.664. The molecule has 4 amide bonds. The van der Waals surface area contributed by atoms with Crippen LogP contribution in [0.2, 0.25) is 0 Å². The lowest BCUT2D eigenvalue weighted by Crippen LogP contribution is -2.53. The van der Waals surface area contributed by atoms with Gasteiger partial charge in [-0.1, -0.05) is 42.5 Å². The molecule has 0 aliphatic carbocycles. The van der Waals surface area contributed by atoms with E-state index in [1.54, 1.807) is 24.3 Å². The molecule has 1 aliphatic rings. The maximum absolute atomic E-state index is 12.7. The topological polar surface area (TPSA) is 75.7 Å². The molecule has 0 saturated carbocycles. The third-order valence-corrected chi connectivity index (χ3v) is 3.87. The Kier molecular flexibility index (Phi) is 5.12. The number of hydrogen-bond donors (Lipinski definition) is 1. The number of carbonyl (C=O) groups is 3. The molecule has 0 spiro atoms. The number of ether oxygens (including phenoxy) is 1. The second-order valence-corrected chi connectivity index (χ2v) is 5.70. The maximum atomic E-state index is 12.7. The van der Waals surface area contributed by atoms with Gasteiger partial charge in [-0.25, -0.2) is 4.79 Å². The Morgan fingerprint density at radius 3 is 2.35 bits per heavy atom. The SMILES string of the molecule is CCOc1ccc(C=C2C(=O)NC(=O)N(Cc3ccccc3)C2=O)cc1. The zero-order chi connectivity index (χ0) is 18.5. The van der Waals surface area contributed by atoms with Gasteiger partial charge in [-0.3, -0.25) is 19.8 Å². The summed E-state index contributed by atoms with van der Waals surface area (Å²) in [5, 5.41) is 2.22. The van der Waals surface area contributed by atoms with Crippen LogP contribution in [-0.2, 0) is 16.1 Å². The number of imide groups is 2. The van der Waals surface area contributed by atoms with Gasteiger partial charge in [-0.15, -0.1) is 0 Å². The Labute approximate surface area is 151 Å². The highest BCUT2D eigenvalue weighted by Gasteiger charge is 2.35. The van der Waals surface area contributed by atoms with Crippen molar-refractivity contribution >= 4 is 23.9 Å². The van der Waals surface area contributed by atoms with Gasteiger partial charge in [-0.05, 0) is 36.3 Å². The van der Waals surface area contributed by atoms with E-state index in [-0.39, 0.29) is 12.1 Å². The molecule has 0 unspecified atom stereocenters. The van der Waals surface area contributed by atoms with Crippen LogP contribution >= 0.6 is 0 Å². The molecule has 1 N–H and O–H groups in total. The van der Waals surface area contributed by atoms with Crippen molar-refractivity contribution in [3.8, 4) is 5.75 Å². The number of nitrogens with one attached hydrogen (secondary N) is 1. The molecule has 26 heavy (non-hydrogen) atoms. The van der Waals surface area contributed by atoms with Gasteiger partial charge in [0.1, 0.15) is 11.3 Å². The number of hydrogen-bond acceptors (Lipinski definition) is 4.